The maximum absolute atomic E-state index is 9.69. The summed E-state index contributed by atoms with van der Waals surface area (Å²) in [5, 5.41) is 13.9. The average molecular weight is 233 g/mol. The zero-order valence-corrected chi connectivity index (χ0v) is 9.63. The van der Waals surface area contributed by atoms with Gasteiger partial charge in [-0.1, -0.05) is 18.2 Å². The first-order valence-corrected chi connectivity index (χ1v) is 5.32. The Hall–Kier alpha value is -2.01. The Morgan fingerprint density at radius 3 is 2.76 bits per heavy atom. The number of hydrogen-bond donors (Lipinski definition) is 2. The maximum atomic E-state index is 9.69. The number of methoxy groups -OCH3 is 1. The lowest BCUT2D eigenvalue weighted by atomic mass is 10.2. The van der Waals surface area contributed by atoms with Crippen molar-refractivity contribution in [2.45, 2.75) is 13.1 Å². The van der Waals surface area contributed by atoms with Crippen LogP contribution in [0.2, 0.25) is 0 Å². The van der Waals surface area contributed by atoms with Gasteiger partial charge in [0.25, 0.3) is 0 Å². The molecule has 0 fully saturated rings. The van der Waals surface area contributed by atoms with Crippen LogP contribution in [-0.4, -0.2) is 22.0 Å². The molecule has 0 bridgehead atoms. The largest absolute Gasteiger partial charge is 0.508 e. The van der Waals surface area contributed by atoms with Crippen LogP contribution >= 0.6 is 0 Å². The highest BCUT2D eigenvalue weighted by atomic mass is 16.5. The van der Waals surface area contributed by atoms with Gasteiger partial charge >= 0.3 is 0 Å². The minimum Gasteiger partial charge on any atom is -0.508 e. The SMILES string of the molecule is COc1c(CN)cnn1Cc1ccccc1O. The summed E-state index contributed by atoms with van der Waals surface area (Å²) in [5.41, 5.74) is 7.22. The molecule has 17 heavy (non-hydrogen) atoms. The summed E-state index contributed by atoms with van der Waals surface area (Å²) in [6.07, 6.45) is 1.68. The minimum atomic E-state index is 0.249. The molecule has 2 rings (SSSR count). The van der Waals surface area contributed by atoms with E-state index in [-0.39, 0.29) is 5.75 Å². The van der Waals surface area contributed by atoms with Gasteiger partial charge in [-0.05, 0) is 6.07 Å². The number of aromatic nitrogens is 2. The topological polar surface area (TPSA) is 73.3 Å². The van der Waals surface area contributed by atoms with E-state index in [9.17, 15) is 5.11 Å². The molecule has 0 spiro atoms. The van der Waals surface area contributed by atoms with Gasteiger partial charge in [0.05, 0.1) is 19.9 Å². The zero-order chi connectivity index (χ0) is 12.3. The van der Waals surface area contributed by atoms with Gasteiger partial charge in [0.1, 0.15) is 5.75 Å². The molecule has 3 N–H and O–H groups in total. The number of ether oxygens (including phenoxy) is 1. The first-order chi connectivity index (χ1) is 8.26. The van der Waals surface area contributed by atoms with Crippen LogP contribution in [0.1, 0.15) is 11.1 Å². The maximum Gasteiger partial charge on any atom is 0.216 e. The number of phenolic OH excluding ortho intramolecular Hbond substituents is 1. The van der Waals surface area contributed by atoms with E-state index in [4.69, 9.17) is 10.5 Å². The third kappa shape index (κ3) is 2.24. The number of benzene rings is 1. The lowest BCUT2D eigenvalue weighted by molar-refractivity contribution is 0.361. The summed E-state index contributed by atoms with van der Waals surface area (Å²) >= 11 is 0. The first kappa shape index (κ1) is 11.5. The van der Waals surface area contributed by atoms with E-state index in [1.807, 2.05) is 12.1 Å². The number of hydrogen-bond acceptors (Lipinski definition) is 4. The molecule has 2 aromatic rings. The van der Waals surface area contributed by atoms with E-state index in [1.165, 1.54) is 0 Å². The predicted octanol–water partition coefficient (Wildman–Crippen LogP) is 1.10. The Labute approximate surface area is 99.4 Å². The number of phenols is 1. The van der Waals surface area contributed by atoms with Gasteiger partial charge in [0, 0.05) is 17.7 Å². The fourth-order valence-electron chi connectivity index (χ4n) is 1.71. The standard InChI is InChI=1S/C12H15N3O2/c1-17-12-10(6-13)7-14-15(12)8-9-4-2-3-5-11(9)16/h2-5,7,16H,6,8,13H2,1H3. The van der Waals surface area contributed by atoms with Crippen LogP contribution in [0.25, 0.3) is 0 Å². The second kappa shape index (κ2) is 4.88. The summed E-state index contributed by atoms with van der Waals surface area (Å²) in [6.45, 7) is 0.833. The quantitative estimate of drug-likeness (QED) is 0.829. The number of nitrogens with two attached hydrogens (primary N) is 1. The van der Waals surface area contributed by atoms with Gasteiger partial charge in [-0.25, -0.2) is 4.68 Å². The Morgan fingerprint density at radius 2 is 2.12 bits per heavy atom. The van der Waals surface area contributed by atoms with E-state index >= 15 is 0 Å². The fraction of sp³-hybridized carbons (Fsp3) is 0.250. The molecule has 5 nitrogen and oxygen atoms in total. The normalized spacial score (nSPS) is 10.5. The molecule has 1 aromatic carbocycles. The molecule has 0 aliphatic rings. The summed E-state index contributed by atoms with van der Waals surface area (Å²) in [6, 6.07) is 7.15. The lowest BCUT2D eigenvalue weighted by Gasteiger charge is -2.08. The molecule has 0 aliphatic heterocycles. The lowest BCUT2D eigenvalue weighted by Crippen LogP contribution is -2.06. The average Bonchev–Trinajstić information content (AvgIpc) is 2.74. The van der Waals surface area contributed by atoms with Crippen molar-refractivity contribution in [1.82, 2.24) is 9.78 Å². The van der Waals surface area contributed by atoms with Gasteiger partial charge in [-0.15, -0.1) is 0 Å². The van der Waals surface area contributed by atoms with Gasteiger partial charge in [-0.3, -0.25) is 0 Å². The molecule has 0 saturated heterocycles. The summed E-state index contributed by atoms with van der Waals surface area (Å²) in [5.74, 6) is 0.884. The fourth-order valence-corrected chi connectivity index (χ4v) is 1.71. The highest BCUT2D eigenvalue weighted by molar-refractivity contribution is 5.33. The highest BCUT2D eigenvalue weighted by Gasteiger charge is 2.11. The van der Waals surface area contributed by atoms with Gasteiger partial charge < -0.3 is 15.6 Å². The van der Waals surface area contributed by atoms with Crippen molar-refractivity contribution in [2.75, 3.05) is 7.11 Å². The number of rotatable bonds is 4. The van der Waals surface area contributed by atoms with Crippen molar-refractivity contribution in [3.05, 3.63) is 41.6 Å². The van der Waals surface area contributed by atoms with E-state index in [2.05, 4.69) is 5.10 Å². The van der Waals surface area contributed by atoms with Crippen molar-refractivity contribution in [3.8, 4) is 11.6 Å². The summed E-state index contributed by atoms with van der Waals surface area (Å²) < 4.78 is 6.94. The number of nitrogens with zero attached hydrogens (tertiary/aromatic N) is 2. The Kier molecular flexibility index (Phi) is 3.30. The van der Waals surface area contributed by atoms with Gasteiger partial charge in [-0.2, -0.15) is 5.10 Å². The highest BCUT2D eigenvalue weighted by Crippen LogP contribution is 2.22. The van der Waals surface area contributed by atoms with E-state index in [1.54, 1.807) is 30.1 Å². The van der Waals surface area contributed by atoms with Crippen molar-refractivity contribution >= 4 is 0 Å². The Balaban J connectivity index is 2.30. The third-order valence-electron chi connectivity index (χ3n) is 2.59. The smallest absolute Gasteiger partial charge is 0.216 e. The first-order valence-electron chi connectivity index (χ1n) is 5.32. The summed E-state index contributed by atoms with van der Waals surface area (Å²) in [4.78, 5) is 0. The monoisotopic (exact) mass is 233 g/mol. The Bertz CT molecular complexity index is 508. The molecule has 0 atom stereocenters. The number of para-hydroxylation sites is 1. The van der Waals surface area contributed by atoms with Gasteiger partial charge in [0.15, 0.2) is 0 Å². The molecule has 0 unspecified atom stereocenters. The van der Waals surface area contributed by atoms with Crippen molar-refractivity contribution in [1.29, 1.82) is 0 Å². The predicted molar refractivity (Wildman–Crippen MR) is 63.9 cm³/mol. The molecule has 0 amide bonds. The van der Waals surface area contributed by atoms with Crippen LogP contribution in [0.5, 0.6) is 11.6 Å². The second-order valence-electron chi connectivity index (χ2n) is 3.67. The van der Waals surface area contributed by atoms with Crippen LogP contribution in [0.15, 0.2) is 30.5 Å². The molecule has 0 aliphatic carbocycles. The van der Waals surface area contributed by atoms with E-state index < -0.39 is 0 Å². The molecular formula is C12H15N3O2. The van der Waals surface area contributed by atoms with E-state index in [0.717, 1.165) is 11.1 Å². The Morgan fingerprint density at radius 1 is 1.35 bits per heavy atom. The van der Waals surface area contributed by atoms with Crippen LogP contribution in [0.3, 0.4) is 0 Å². The third-order valence-corrected chi connectivity index (χ3v) is 2.59. The van der Waals surface area contributed by atoms with Crippen LogP contribution < -0.4 is 10.5 Å². The minimum absolute atomic E-state index is 0.249. The molecule has 0 saturated carbocycles. The van der Waals surface area contributed by atoms with E-state index in [0.29, 0.717) is 19.0 Å². The second-order valence-corrected chi connectivity index (χ2v) is 3.67. The van der Waals surface area contributed by atoms with Crippen molar-refractivity contribution in [3.63, 3.8) is 0 Å². The molecule has 0 radical (unpaired) electrons. The number of aromatic hydroxyl groups is 1. The van der Waals surface area contributed by atoms with Crippen molar-refractivity contribution < 1.29 is 9.84 Å². The van der Waals surface area contributed by atoms with Crippen LogP contribution in [-0.2, 0) is 13.1 Å². The van der Waals surface area contributed by atoms with Crippen molar-refractivity contribution in [2.24, 2.45) is 5.73 Å². The molecule has 1 aromatic heterocycles. The van der Waals surface area contributed by atoms with Crippen LogP contribution in [0.4, 0.5) is 0 Å². The molecule has 1 heterocycles. The van der Waals surface area contributed by atoms with Gasteiger partial charge in [0.2, 0.25) is 5.88 Å². The molecule has 90 valence electrons. The molecular weight excluding hydrogens is 218 g/mol. The van der Waals surface area contributed by atoms with Crippen LogP contribution in [0, 0.1) is 0 Å². The molecule has 5 heteroatoms. The summed E-state index contributed by atoms with van der Waals surface area (Å²) in [7, 11) is 1.58. The zero-order valence-electron chi connectivity index (χ0n) is 9.63.